The summed E-state index contributed by atoms with van der Waals surface area (Å²) in [5, 5.41) is 44.7. The number of aliphatic hydroxyl groups excluding tert-OH is 1. The van der Waals surface area contributed by atoms with Crippen LogP contribution in [0.5, 0.6) is 5.75 Å². The normalized spacial score (nSPS) is 14.9. The third-order valence-corrected chi connectivity index (χ3v) is 19.6. The molecular weight excluding hydrogens is 1420 g/mol. The van der Waals surface area contributed by atoms with E-state index >= 15 is 0 Å². The third kappa shape index (κ3) is 37.5. The number of carbonyl (C=O) groups excluding carboxylic acids is 12. The average Bonchev–Trinajstić information content (AvgIpc) is 1.79. The summed E-state index contributed by atoms with van der Waals surface area (Å²) < 4.78 is 0. The number of phenolic OH excluding ortho intramolecular Hbond substituents is 1. The van der Waals surface area contributed by atoms with Crippen molar-refractivity contribution in [2.24, 2.45) is 41.1 Å². The van der Waals surface area contributed by atoms with Gasteiger partial charge in [0.2, 0.25) is 40.9 Å². The molecular formula is C84H131N11O16. The van der Waals surface area contributed by atoms with Crippen LogP contribution in [0.1, 0.15) is 224 Å². The molecule has 0 spiro atoms. The number of fused-ring (bicyclic) bond motifs is 1. The van der Waals surface area contributed by atoms with Gasteiger partial charge in [-0.3, -0.25) is 79.9 Å². The van der Waals surface area contributed by atoms with E-state index in [-0.39, 0.29) is 103 Å². The number of likely N-dealkylation sites (N-methyl/N-ethyl adjacent to an activating group) is 1. The van der Waals surface area contributed by atoms with E-state index in [0.29, 0.717) is 24.3 Å². The summed E-state index contributed by atoms with van der Waals surface area (Å²) in [6.45, 7) is 27.6. The van der Waals surface area contributed by atoms with Gasteiger partial charge in [0, 0.05) is 41.8 Å². The highest BCUT2D eigenvalue weighted by molar-refractivity contribution is 6.42. The van der Waals surface area contributed by atoms with Crippen LogP contribution in [0.25, 0.3) is 10.9 Å². The van der Waals surface area contributed by atoms with Gasteiger partial charge in [0.25, 0.3) is 0 Å². The van der Waals surface area contributed by atoms with Crippen LogP contribution in [0.2, 0.25) is 0 Å². The number of nitrogens with one attached hydrogen (secondary N) is 8. The molecule has 0 aliphatic carbocycles. The van der Waals surface area contributed by atoms with Gasteiger partial charge in [-0.2, -0.15) is 0 Å². The molecule has 17 N–H and O–H groups in total. The van der Waals surface area contributed by atoms with E-state index in [4.69, 9.17) is 17.4 Å². The van der Waals surface area contributed by atoms with Crippen LogP contribution in [0.15, 0.2) is 97.2 Å². The first kappa shape index (κ1) is 100. The number of Topliss-reactive ketones (excluding diaryl/α,β-unsaturated/α-hetero) is 9. The lowest BCUT2D eigenvalue weighted by Gasteiger charge is -2.34. The number of phenols is 1. The van der Waals surface area contributed by atoms with Gasteiger partial charge in [0.15, 0.2) is 11.6 Å². The molecule has 4 rings (SSSR count). The molecule has 27 heteroatoms. The number of ketones is 9. The Morgan fingerprint density at radius 2 is 1.10 bits per heavy atom. The maximum Gasteiger partial charge on any atom is 0.303 e. The van der Waals surface area contributed by atoms with Crippen LogP contribution in [-0.2, 0) is 81.6 Å². The molecule has 0 saturated carbocycles. The molecule has 3 aromatic carbocycles. The van der Waals surface area contributed by atoms with Gasteiger partial charge in [0.05, 0.1) is 46.9 Å². The first-order valence-electron chi connectivity index (χ1n) is 38.6. The number of carbonyl (C=O) groups is 13. The number of H-pyrrole nitrogens is 1. The highest BCUT2D eigenvalue weighted by Crippen LogP contribution is 2.25. The number of benzene rings is 3. The Hall–Kier alpha value is -8.67. The molecule has 0 aliphatic rings. The van der Waals surface area contributed by atoms with Crippen LogP contribution in [0.3, 0.4) is 0 Å². The van der Waals surface area contributed by atoms with Crippen LogP contribution >= 0.6 is 0 Å². The number of carboxylic acids is 1. The number of carboxylic acid groups (broad SMARTS) is 1. The minimum absolute atomic E-state index is 0.00120. The fourth-order valence-corrected chi connectivity index (χ4v) is 12.0. The molecule has 0 saturated heterocycles. The second kappa shape index (κ2) is 51.1. The van der Waals surface area contributed by atoms with Crippen LogP contribution in [0.4, 0.5) is 0 Å². The van der Waals surface area contributed by atoms with Gasteiger partial charge in [-0.1, -0.05) is 134 Å². The maximum absolute atomic E-state index is 13.8. The highest BCUT2D eigenvalue weighted by Gasteiger charge is 2.41. The van der Waals surface area contributed by atoms with Crippen LogP contribution in [-0.4, -0.2) is 162 Å². The number of allylic oxidation sites excluding steroid dienone is 2. The molecule has 11 atom stereocenters. The van der Waals surface area contributed by atoms with Crippen LogP contribution in [0, 0.1) is 23.7 Å². The Morgan fingerprint density at radius 1 is 0.586 bits per heavy atom. The van der Waals surface area contributed by atoms with Gasteiger partial charge >= 0.3 is 5.97 Å². The van der Waals surface area contributed by atoms with E-state index in [1.807, 2.05) is 82.3 Å². The topological polar surface area (TPSA) is 461 Å². The number of aromatic nitrogens is 1. The van der Waals surface area contributed by atoms with Gasteiger partial charge in [-0.05, 0) is 206 Å². The van der Waals surface area contributed by atoms with Gasteiger partial charge in [-0.25, -0.2) is 10.9 Å². The van der Waals surface area contributed by atoms with E-state index < -0.39 is 99.9 Å². The SMILES string of the molecule is CC(=O)[C@H](Cc1c[nH]c2ccccc12)N[C@@H](CCC(=O)O)C(=O)C(=O)[C@H](Cc1ccc(O)cc1)NN.CC(C)=O.CC[C@@H](CC(C)C)C(=O)N[C@@](C)(CCC/C=C/CCCCCC[C@@](C)(N[C@@H](CC(C)C)C(=O)C(=O)[C@@H](NC(=O)[C@H](Cc1ccccc1)NN)[C@@H](C)O)C(C)=O)C(C)=O.CNC(C)(C)C(=O)C[C@H](C)C(N)=O. The zero-order chi connectivity index (χ0) is 84.5. The Labute approximate surface area is 656 Å². The number of hydrogen-bond donors (Lipinski definition) is 14. The number of primary amides is 1. The lowest BCUT2D eigenvalue weighted by Crippen LogP contribution is -2.61. The number of amides is 3. The second-order valence-electron chi connectivity index (χ2n) is 30.9. The molecule has 618 valence electrons. The van der Waals surface area contributed by atoms with E-state index in [1.54, 1.807) is 60.0 Å². The molecule has 0 bridgehead atoms. The number of aromatic hydroxyl groups is 1. The quantitative estimate of drug-likeness (QED) is 0.00652. The maximum atomic E-state index is 13.8. The first-order chi connectivity index (χ1) is 51.9. The Bertz CT molecular complexity index is 3660. The predicted octanol–water partition coefficient (Wildman–Crippen LogP) is 8.09. The number of hydrazine groups is 2. The van der Waals surface area contributed by atoms with Gasteiger partial charge < -0.3 is 46.8 Å². The lowest BCUT2D eigenvalue weighted by molar-refractivity contribution is -0.142. The van der Waals surface area contributed by atoms with Gasteiger partial charge in [0.1, 0.15) is 35.2 Å². The number of rotatable bonds is 50. The number of aromatic amines is 1. The number of aliphatic carboxylic acids is 1. The molecule has 1 aromatic heterocycles. The smallest absolute Gasteiger partial charge is 0.303 e. The fraction of sp³-hybridized carbons (Fsp3) is 0.583. The number of aliphatic hydroxyl groups is 1. The second-order valence-corrected chi connectivity index (χ2v) is 30.9. The lowest BCUT2D eigenvalue weighted by atomic mass is 9.86. The van der Waals surface area contributed by atoms with Crippen molar-refractivity contribution in [1.29, 1.82) is 0 Å². The van der Waals surface area contributed by atoms with Crippen molar-refractivity contribution in [1.82, 2.24) is 42.4 Å². The molecule has 4 aromatic rings. The zero-order valence-corrected chi connectivity index (χ0v) is 68.7. The summed E-state index contributed by atoms with van der Waals surface area (Å²) in [5.74, 6) is 5.28. The summed E-state index contributed by atoms with van der Waals surface area (Å²) >= 11 is 0. The van der Waals surface area contributed by atoms with Crippen molar-refractivity contribution in [3.63, 3.8) is 0 Å². The summed E-state index contributed by atoms with van der Waals surface area (Å²) in [7, 11) is 1.72. The van der Waals surface area contributed by atoms with Crippen molar-refractivity contribution in [3.05, 3.63) is 114 Å². The Balaban J connectivity index is 0.000000972. The number of hydrogen-bond acceptors (Lipinski definition) is 22. The van der Waals surface area contributed by atoms with E-state index in [2.05, 4.69) is 68.4 Å². The van der Waals surface area contributed by atoms with Crippen LogP contribution < -0.4 is 54.9 Å². The molecule has 3 amide bonds. The highest BCUT2D eigenvalue weighted by atomic mass is 16.4. The monoisotopic (exact) mass is 1550 g/mol. The molecule has 111 heavy (non-hydrogen) atoms. The molecule has 1 heterocycles. The van der Waals surface area contributed by atoms with Gasteiger partial charge in [-0.15, -0.1) is 0 Å². The van der Waals surface area contributed by atoms with E-state index in [1.165, 1.54) is 46.8 Å². The summed E-state index contributed by atoms with van der Waals surface area (Å²) in [4.78, 5) is 164. The van der Waals surface area contributed by atoms with Crippen molar-refractivity contribution in [2.75, 3.05) is 7.05 Å². The Kier molecular flexibility index (Phi) is 46.2. The molecule has 27 nitrogen and oxygen atoms in total. The van der Waals surface area contributed by atoms with E-state index in [0.717, 1.165) is 79.8 Å². The molecule has 0 unspecified atom stereocenters. The Morgan fingerprint density at radius 3 is 1.61 bits per heavy atom. The standard InChI is InChI=1S/C46H77N5O7.C26H30N4O6.C9H18N2O2.C3H6O/c1-11-37(28-31(2)3)43(57)50-46(10,35(8)54)27-23-18-16-14-12-13-15-17-22-26-45(9,34(7)53)49-38(29-32(4)5)41(55)42(56)40(33(6)52)48-44(58)39(51-47)30-36-24-20-19-21-25-36;1-15(31)22(13-17-14-28-20-5-3-2-4-19(17)20)29-21(10-11-24(33)34)25(35)26(36)23(30-27)12-16-6-8-18(32)9-7-16;1-6(8(10)13)5-7(12)9(2,3)11-4;1-3(2)4/h14,16,19-21,24-25,31-33,37-40,49,51-52H,11-13,15,17-18,22-23,26-30,47H2,1-10H3,(H,48,58)(H,50,57);2-9,14,21-23,28-30,32H,10-13,27H2,1H3,(H,33,34);6,11H,5H2,1-4H3,(H2,10,13);1-2H3/b16-14+;;;/t33-,37+,38+,39+,40+,45-,46+;21-,22-,23-;6-;/m100./s1. The number of unbranched alkanes of at least 4 members (excludes halogenated alkanes) is 5. The first-order valence-corrected chi connectivity index (χ1v) is 38.6. The largest absolute Gasteiger partial charge is 0.508 e. The minimum atomic E-state index is -1.50. The fourth-order valence-electron chi connectivity index (χ4n) is 12.0. The third-order valence-electron chi connectivity index (χ3n) is 19.6. The average molecular weight is 1550 g/mol. The number of para-hydroxylation sites is 1. The van der Waals surface area contributed by atoms with Crippen molar-refractivity contribution >= 4 is 86.6 Å². The molecule has 0 aliphatic heterocycles. The van der Waals surface area contributed by atoms with Crippen molar-refractivity contribution in [3.8, 4) is 5.75 Å². The molecule has 0 fully saturated rings. The summed E-state index contributed by atoms with van der Waals surface area (Å²) in [6, 6.07) is 16.4. The van der Waals surface area contributed by atoms with E-state index in [9.17, 15) is 77.6 Å². The molecule has 0 radical (unpaired) electrons. The minimum Gasteiger partial charge on any atom is -0.508 e. The predicted molar refractivity (Wildman–Crippen MR) is 432 cm³/mol. The number of nitrogens with two attached hydrogens (primary N) is 3. The summed E-state index contributed by atoms with van der Waals surface area (Å²) in [5.41, 5.74) is 10.6. The summed E-state index contributed by atoms with van der Waals surface area (Å²) in [6.07, 6.45) is 13.8. The zero-order valence-electron chi connectivity index (χ0n) is 68.7. The van der Waals surface area contributed by atoms with Crippen molar-refractivity contribution < 1.29 is 77.6 Å². The van der Waals surface area contributed by atoms with Crippen molar-refractivity contribution in [2.45, 2.75) is 285 Å².